The van der Waals surface area contributed by atoms with Gasteiger partial charge in [-0.3, -0.25) is 4.79 Å². The number of fused-ring (bicyclic) bond motifs is 1. The van der Waals surface area contributed by atoms with Crippen molar-refractivity contribution in [1.29, 1.82) is 0 Å². The van der Waals surface area contributed by atoms with Crippen LogP contribution in [0.2, 0.25) is 0 Å². The van der Waals surface area contributed by atoms with Crippen LogP contribution in [-0.2, 0) is 4.79 Å². The highest BCUT2D eigenvalue weighted by atomic mass is 16.4. The number of benzene rings is 1. The van der Waals surface area contributed by atoms with Crippen LogP contribution in [0, 0.1) is 27.7 Å². The van der Waals surface area contributed by atoms with Crippen LogP contribution < -0.4 is 5.32 Å². The number of aryl methyl sites for hydroxylation is 4. The number of nitrogens with one attached hydrogen (secondary N) is 1. The third-order valence-corrected chi connectivity index (χ3v) is 4.19. The van der Waals surface area contributed by atoms with E-state index in [9.17, 15) is 14.7 Å². The number of carbonyl (C=O) groups excluding carboxylic acids is 1. The van der Waals surface area contributed by atoms with Crippen molar-refractivity contribution in [1.82, 2.24) is 19.9 Å². The molecule has 7 heteroatoms. The fraction of sp³-hybridized carbons (Fsp3) is 0.263. The van der Waals surface area contributed by atoms with Crippen molar-refractivity contribution in [2.75, 3.05) is 0 Å². The quantitative estimate of drug-likeness (QED) is 0.752. The number of aromatic nitrogens is 3. The summed E-state index contributed by atoms with van der Waals surface area (Å²) < 4.78 is 1.58. The molecule has 0 aliphatic rings. The second-order valence-electron chi connectivity index (χ2n) is 6.48. The van der Waals surface area contributed by atoms with Gasteiger partial charge in [-0.25, -0.2) is 14.3 Å². The Morgan fingerprint density at radius 3 is 2.35 bits per heavy atom. The predicted molar refractivity (Wildman–Crippen MR) is 96.2 cm³/mol. The number of nitrogens with zero attached hydrogens (tertiary/aromatic N) is 3. The summed E-state index contributed by atoms with van der Waals surface area (Å²) in [5, 5.41) is 16.5. The molecule has 0 saturated carbocycles. The monoisotopic (exact) mass is 352 g/mol. The molecular formula is C19H20N4O3. The molecule has 26 heavy (non-hydrogen) atoms. The summed E-state index contributed by atoms with van der Waals surface area (Å²) >= 11 is 0. The van der Waals surface area contributed by atoms with E-state index < -0.39 is 17.9 Å². The molecule has 1 aromatic carbocycles. The van der Waals surface area contributed by atoms with Crippen LogP contribution in [0.5, 0.6) is 0 Å². The molecule has 0 spiro atoms. The zero-order chi connectivity index (χ0) is 19.0. The maximum Gasteiger partial charge on any atom is 0.330 e. The van der Waals surface area contributed by atoms with Gasteiger partial charge in [-0.05, 0) is 33.3 Å². The van der Waals surface area contributed by atoms with Crippen molar-refractivity contribution in [3.63, 3.8) is 0 Å². The zero-order valence-corrected chi connectivity index (χ0v) is 15.1. The van der Waals surface area contributed by atoms with Crippen LogP contribution in [0.1, 0.15) is 44.5 Å². The van der Waals surface area contributed by atoms with Crippen molar-refractivity contribution < 1.29 is 14.7 Å². The number of carbonyl (C=O) groups is 2. The first-order valence-corrected chi connectivity index (χ1v) is 8.20. The summed E-state index contributed by atoms with van der Waals surface area (Å²) in [6, 6.07) is 6.14. The normalized spacial score (nSPS) is 12.2. The van der Waals surface area contributed by atoms with Gasteiger partial charge in [0.05, 0.1) is 17.0 Å². The van der Waals surface area contributed by atoms with Crippen molar-refractivity contribution in [3.05, 3.63) is 64.1 Å². The third kappa shape index (κ3) is 3.28. The van der Waals surface area contributed by atoms with Crippen LogP contribution >= 0.6 is 0 Å². The van der Waals surface area contributed by atoms with E-state index in [0.29, 0.717) is 16.9 Å². The van der Waals surface area contributed by atoms with Gasteiger partial charge in [-0.2, -0.15) is 5.10 Å². The molecule has 3 rings (SSSR count). The lowest BCUT2D eigenvalue weighted by molar-refractivity contribution is -0.139. The van der Waals surface area contributed by atoms with Crippen LogP contribution in [0.15, 0.2) is 30.5 Å². The smallest absolute Gasteiger partial charge is 0.330 e. The minimum Gasteiger partial charge on any atom is -0.479 e. The first-order valence-electron chi connectivity index (χ1n) is 8.20. The molecule has 1 atom stereocenters. The molecule has 0 bridgehead atoms. The SMILES string of the molecule is Cc1cc(C)cc(C(NC(=O)c2cnc3cc(C)nn3c2C)C(=O)O)c1. The second kappa shape index (κ2) is 6.59. The van der Waals surface area contributed by atoms with Gasteiger partial charge in [-0.1, -0.05) is 29.3 Å². The topological polar surface area (TPSA) is 96.6 Å². The second-order valence-corrected chi connectivity index (χ2v) is 6.48. The first-order chi connectivity index (χ1) is 12.3. The predicted octanol–water partition coefficient (Wildman–Crippen LogP) is 2.52. The van der Waals surface area contributed by atoms with Crippen molar-refractivity contribution in [3.8, 4) is 0 Å². The van der Waals surface area contributed by atoms with Gasteiger partial charge in [0.1, 0.15) is 0 Å². The third-order valence-electron chi connectivity index (χ3n) is 4.19. The van der Waals surface area contributed by atoms with Gasteiger partial charge in [0.15, 0.2) is 11.7 Å². The van der Waals surface area contributed by atoms with Crippen molar-refractivity contribution in [2.45, 2.75) is 33.7 Å². The molecule has 0 saturated heterocycles. The molecule has 0 radical (unpaired) electrons. The molecule has 2 aromatic heterocycles. The maximum absolute atomic E-state index is 12.7. The molecule has 2 N–H and O–H groups in total. The molecule has 7 nitrogen and oxygen atoms in total. The van der Waals surface area contributed by atoms with Gasteiger partial charge < -0.3 is 10.4 Å². The molecule has 2 heterocycles. The summed E-state index contributed by atoms with van der Waals surface area (Å²) in [5.41, 5.74) is 4.72. The zero-order valence-electron chi connectivity index (χ0n) is 15.1. The highest BCUT2D eigenvalue weighted by molar-refractivity contribution is 5.97. The fourth-order valence-corrected chi connectivity index (χ4v) is 3.06. The Balaban J connectivity index is 1.96. The number of amides is 1. The number of carboxylic acids is 1. The molecule has 0 aliphatic carbocycles. The number of hydrogen-bond donors (Lipinski definition) is 2. The highest BCUT2D eigenvalue weighted by Gasteiger charge is 2.24. The molecular weight excluding hydrogens is 332 g/mol. The largest absolute Gasteiger partial charge is 0.479 e. The van der Waals surface area contributed by atoms with Gasteiger partial charge in [0.25, 0.3) is 5.91 Å². The minimum atomic E-state index is -1.14. The summed E-state index contributed by atoms with van der Waals surface area (Å²) in [5.74, 6) is -1.62. The first kappa shape index (κ1) is 17.6. The highest BCUT2D eigenvalue weighted by Crippen LogP contribution is 2.19. The summed E-state index contributed by atoms with van der Waals surface area (Å²) in [6.45, 7) is 7.37. The number of hydrogen-bond acceptors (Lipinski definition) is 4. The molecule has 3 aromatic rings. The van der Waals surface area contributed by atoms with Crippen LogP contribution in [-0.4, -0.2) is 31.6 Å². The lowest BCUT2D eigenvalue weighted by Crippen LogP contribution is -2.34. The minimum absolute atomic E-state index is 0.288. The van der Waals surface area contributed by atoms with Crippen molar-refractivity contribution >= 4 is 17.5 Å². The number of carboxylic acid groups (broad SMARTS) is 1. The van der Waals surface area contributed by atoms with Gasteiger partial charge in [0, 0.05) is 12.3 Å². The maximum atomic E-state index is 12.7. The summed E-state index contributed by atoms with van der Waals surface area (Å²) in [4.78, 5) is 28.7. The van der Waals surface area contributed by atoms with E-state index in [4.69, 9.17) is 0 Å². The Labute approximate surface area is 150 Å². The summed E-state index contributed by atoms with van der Waals surface area (Å²) in [7, 11) is 0. The molecule has 0 fully saturated rings. The van der Waals surface area contributed by atoms with E-state index in [1.54, 1.807) is 23.6 Å². The Bertz CT molecular complexity index is 1000. The van der Waals surface area contributed by atoms with E-state index in [1.807, 2.05) is 32.9 Å². The Morgan fingerprint density at radius 1 is 1.08 bits per heavy atom. The van der Waals surface area contributed by atoms with E-state index in [1.165, 1.54) is 6.20 Å². The Morgan fingerprint density at radius 2 is 1.73 bits per heavy atom. The average molecular weight is 352 g/mol. The van der Waals surface area contributed by atoms with Crippen molar-refractivity contribution in [2.24, 2.45) is 0 Å². The number of rotatable bonds is 4. The van der Waals surface area contributed by atoms with Crippen LogP contribution in [0.25, 0.3) is 5.65 Å². The number of aliphatic carboxylic acids is 1. The molecule has 1 unspecified atom stereocenters. The van der Waals surface area contributed by atoms with Gasteiger partial charge in [0.2, 0.25) is 0 Å². The molecule has 0 aliphatic heterocycles. The summed E-state index contributed by atoms with van der Waals surface area (Å²) in [6.07, 6.45) is 1.45. The standard InChI is InChI=1S/C19H20N4O3/c1-10-5-11(2)7-14(6-10)17(19(25)26)21-18(24)15-9-20-16-8-12(3)22-23(16)13(15)4/h5-9,17H,1-4H3,(H,21,24)(H,25,26). The van der Waals surface area contributed by atoms with Gasteiger partial charge >= 0.3 is 5.97 Å². The van der Waals surface area contributed by atoms with Crippen LogP contribution in [0.4, 0.5) is 0 Å². The lowest BCUT2D eigenvalue weighted by atomic mass is 10.0. The van der Waals surface area contributed by atoms with E-state index in [2.05, 4.69) is 15.4 Å². The van der Waals surface area contributed by atoms with E-state index >= 15 is 0 Å². The van der Waals surface area contributed by atoms with Crippen LogP contribution in [0.3, 0.4) is 0 Å². The van der Waals surface area contributed by atoms with Gasteiger partial charge in [-0.15, -0.1) is 0 Å². The fourth-order valence-electron chi connectivity index (χ4n) is 3.06. The average Bonchev–Trinajstić information content (AvgIpc) is 2.93. The Kier molecular flexibility index (Phi) is 4.46. The lowest BCUT2D eigenvalue weighted by Gasteiger charge is -2.17. The Hall–Kier alpha value is -3.22. The van der Waals surface area contributed by atoms with E-state index in [-0.39, 0.29) is 5.56 Å². The molecule has 1 amide bonds. The molecule has 134 valence electrons. The van der Waals surface area contributed by atoms with E-state index in [0.717, 1.165) is 16.8 Å².